The van der Waals surface area contributed by atoms with Gasteiger partial charge in [-0.2, -0.15) is 0 Å². The number of likely N-dealkylation sites (tertiary alicyclic amines) is 1. The fourth-order valence-electron chi connectivity index (χ4n) is 3.49. The molecule has 3 aliphatic rings. The molecule has 0 spiro atoms. The van der Waals surface area contributed by atoms with Gasteiger partial charge in [-0.1, -0.05) is 6.42 Å². The average molecular weight is 208 g/mol. The normalized spacial score (nSPS) is 37.5. The van der Waals surface area contributed by atoms with Gasteiger partial charge < -0.3 is 10.6 Å². The Kier molecular flexibility index (Phi) is 2.06. The summed E-state index contributed by atoms with van der Waals surface area (Å²) in [6, 6.07) is 0. The number of nitrogens with two attached hydrogens (primary N) is 1. The Hall–Kier alpha value is -0.570. The first kappa shape index (κ1) is 9.64. The molecule has 3 rings (SSSR count). The molecule has 0 aromatic carbocycles. The topological polar surface area (TPSA) is 46.3 Å². The Balaban J connectivity index is 1.67. The molecule has 1 amide bonds. The quantitative estimate of drug-likeness (QED) is 0.702. The van der Waals surface area contributed by atoms with Gasteiger partial charge in [0.1, 0.15) is 0 Å². The molecule has 2 aliphatic carbocycles. The van der Waals surface area contributed by atoms with Crippen LogP contribution >= 0.6 is 0 Å². The molecule has 15 heavy (non-hydrogen) atoms. The highest BCUT2D eigenvalue weighted by Gasteiger charge is 2.46. The zero-order valence-electron chi connectivity index (χ0n) is 9.24. The van der Waals surface area contributed by atoms with Crippen LogP contribution in [0.2, 0.25) is 0 Å². The molecule has 2 N–H and O–H groups in total. The Morgan fingerprint density at radius 2 is 1.73 bits per heavy atom. The van der Waals surface area contributed by atoms with Crippen molar-refractivity contribution in [2.45, 2.75) is 44.1 Å². The van der Waals surface area contributed by atoms with Gasteiger partial charge in [0.15, 0.2) is 0 Å². The van der Waals surface area contributed by atoms with Crippen LogP contribution in [0.1, 0.15) is 38.5 Å². The molecule has 84 valence electrons. The summed E-state index contributed by atoms with van der Waals surface area (Å²) in [6.45, 7) is 1.98. The first-order valence-corrected chi connectivity index (χ1v) is 6.27. The van der Waals surface area contributed by atoms with Gasteiger partial charge in [0, 0.05) is 13.1 Å². The molecule has 0 bridgehead atoms. The SMILES string of the molecule is NC1(C(=O)N2CC3CCCC3C2)CCC1. The predicted octanol–water partition coefficient (Wildman–Crippen LogP) is 1.13. The van der Waals surface area contributed by atoms with Gasteiger partial charge in [0.05, 0.1) is 5.54 Å². The van der Waals surface area contributed by atoms with Crippen LogP contribution in [0.3, 0.4) is 0 Å². The number of fused-ring (bicyclic) bond motifs is 1. The van der Waals surface area contributed by atoms with Gasteiger partial charge in [-0.3, -0.25) is 4.79 Å². The second-order valence-corrected chi connectivity index (χ2v) is 5.67. The van der Waals surface area contributed by atoms with Crippen LogP contribution in [0.25, 0.3) is 0 Å². The maximum atomic E-state index is 12.2. The van der Waals surface area contributed by atoms with Crippen LogP contribution in [0.5, 0.6) is 0 Å². The maximum absolute atomic E-state index is 12.2. The van der Waals surface area contributed by atoms with Crippen molar-refractivity contribution in [3.05, 3.63) is 0 Å². The standard InChI is InChI=1S/C12H20N2O/c13-12(5-2-6-12)11(15)14-7-9-3-1-4-10(9)8-14/h9-10H,1-8,13H2. The molecule has 0 aromatic heterocycles. The third-order valence-corrected chi connectivity index (χ3v) is 4.69. The second-order valence-electron chi connectivity index (χ2n) is 5.67. The van der Waals surface area contributed by atoms with E-state index >= 15 is 0 Å². The van der Waals surface area contributed by atoms with Gasteiger partial charge in [-0.05, 0) is 43.9 Å². The largest absolute Gasteiger partial charge is 0.341 e. The molecule has 1 heterocycles. The summed E-state index contributed by atoms with van der Waals surface area (Å²) >= 11 is 0. The van der Waals surface area contributed by atoms with Gasteiger partial charge in [0.2, 0.25) is 5.91 Å². The summed E-state index contributed by atoms with van der Waals surface area (Å²) in [7, 11) is 0. The van der Waals surface area contributed by atoms with E-state index in [0.29, 0.717) is 0 Å². The van der Waals surface area contributed by atoms with E-state index in [1.807, 2.05) is 4.90 Å². The van der Waals surface area contributed by atoms with Gasteiger partial charge in [0.25, 0.3) is 0 Å². The molecule has 3 heteroatoms. The van der Waals surface area contributed by atoms with Gasteiger partial charge in [-0.15, -0.1) is 0 Å². The molecule has 1 aliphatic heterocycles. The molecule has 0 radical (unpaired) electrons. The summed E-state index contributed by atoms with van der Waals surface area (Å²) in [4.78, 5) is 14.2. The average Bonchev–Trinajstić information content (AvgIpc) is 2.71. The van der Waals surface area contributed by atoms with Crippen molar-refractivity contribution >= 4 is 5.91 Å². The van der Waals surface area contributed by atoms with Crippen molar-refractivity contribution in [1.29, 1.82) is 0 Å². The molecule has 3 fully saturated rings. The van der Waals surface area contributed by atoms with E-state index in [4.69, 9.17) is 5.73 Å². The summed E-state index contributed by atoms with van der Waals surface area (Å²) in [5.41, 5.74) is 5.61. The van der Waals surface area contributed by atoms with E-state index in [0.717, 1.165) is 44.2 Å². The molecule has 1 saturated heterocycles. The van der Waals surface area contributed by atoms with E-state index in [2.05, 4.69) is 0 Å². The summed E-state index contributed by atoms with van der Waals surface area (Å²) in [5.74, 6) is 1.82. The summed E-state index contributed by atoms with van der Waals surface area (Å²) in [6.07, 6.45) is 6.95. The number of nitrogens with zero attached hydrogens (tertiary/aromatic N) is 1. The van der Waals surface area contributed by atoms with Crippen LogP contribution in [-0.2, 0) is 4.79 Å². The highest BCUT2D eigenvalue weighted by atomic mass is 16.2. The van der Waals surface area contributed by atoms with Crippen molar-refractivity contribution in [1.82, 2.24) is 4.90 Å². The highest BCUT2D eigenvalue weighted by molar-refractivity contribution is 5.87. The fourth-order valence-corrected chi connectivity index (χ4v) is 3.49. The van der Waals surface area contributed by atoms with E-state index in [-0.39, 0.29) is 5.91 Å². The van der Waals surface area contributed by atoms with Gasteiger partial charge >= 0.3 is 0 Å². The summed E-state index contributed by atoms with van der Waals surface area (Å²) < 4.78 is 0. The Morgan fingerprint density at radius 3 is 2.20 bits per heavy atom. The van der Waals surface area contributed by atoms with Crippen molar-refractivity contribution in [2.75, 3.05) is 13.1 Å². The predicted molar refractivity (Wildman–Crippen MR) is 58.2 cm³/mol. The van der Waals surface area contributed by atoms with Gasteiger partial charge in [-0.25, -0.2) is 0 Å². The van der Waals surface area contributed by atoms with Crippen LogP contribution in [-0.4, -0.2) is 29.4 Å². The van der Waals surface area contributed by atoms with Crippen molar-refractivity contribution in [2.24, 2.45) is 17.6 Å². The van der Waals surface area contributed by atoms with Crippen molar-refractivity contribution < 1.29 is 4.79 Å². The maximum Gasteiger partial charge on any atom is 0.242 e. The molecule has 0 aromatic rings. The minimum Gasteiger partial charge on any atom is -0.341 e. The number of carbonyl (C=O) groups is 1. The Morgan fingerprint density at radius 1 is 1.13 bits per heavy atom. The van der Waals surface area contributed by atoms with Crippen LogP contribution in [0.15, 0.2) is 0 Å². The molecule has 2 atom stereocenters. The number of amides is 1. The molecule has 3 nitrogen and oxygen atoms in total. The van der Waals surface area contributed by atoms with Crippen molar-refractivity contribution in [3.8, 4) is 0 Å². The smallest absolute Gasteiger partial charge is 0.242 e. The second kappa shape index (κ2) is 3.21. The lowest BCUT2D eigenvalue weighted by atomic mass is 9.76. The number of hydrogen-bond donors (Lipinski definition) is 1. The van der Waals surface area contributed by atoms with E-state index in [1.54, 1.807) is 0 Å². The Bertz CT molecular complexity index is 273. The monoisotopic (exact) mass is 208 g/mol. The molecular weight excluding hydrogens is 188 g/mol. The van der Waals surface area contributed by atoms with Crippen LogP contribution in [0, 0.1) is 11.8 Å². The van der Waals surface area contributed by atoms with E-state index < -0.39 is 5.54 Å². The zero-order chi connectivity index (χ0) is 10.5. The lowest BCUT2D eigenvalue weighted by Gasteiger charge is -2.39. The minimum absolute atomic E-state index is 0.239. The number of rotatable bonds is 1. The number of hydrogen-bond acceptors (Lipinski definition) is 2. The zero-order valence-corrected chi connectivity index (χ0v) is 9.24. The fraction of sp³-hybridized carbons (Fsp3) is 0.917. The third kappa shape index (κ3) is 1.40. The molecule has 2 saturated carbocycles. The number of carbonyl (C=O) groups excluding carboxylic acids is 1. The summed E-state index contributed by atoms with van der Waals surface area (Å²) in [5, 5.41) is 0. The Labute approximate surface area is 91.0 Å². The lowest BCUT2D eigenvalue weighted by Crippen LogP contribution is -2.59. The van der Waals surface area contributed by atoms with Crippen LogP contribution in [0.4, 0.5) is 0 Å². The van der Waals surface area contributed by atoms with Crippen molar-refractivity contribution in [3.63, 3.8) is 0 Å². The minimum atomic E-state index is -0.474. The van der Waals surface area contributed by atoms with E-state index in [1.165, 1.54) is 19.3 Å². The highest BCUT2D eigenvalue weighted by Crippen LogP contribution is 2.40. The first-order chi connectivity index (χ1) is 7.19. The molecule has 2 unspecified atom stereocenters. The lowest BCUT2D eigenvalue weighted by molar-refractivity contribution is -0.139. The first-order valence-electron chi connectivity index (χ1n) is 6.27. The third-order valence-electron chi connectivity index (χ3n) is 4.69. The van der Waals surface area contributed by atoms with Crippen LogP contribution < -0.4 is 5.73 Å². The van der Waals surface area contributed by atoms with E-state index in [9.17, 15) is 4.79 Å². The molecular formula is C12H20N2O.